The zero-order valence-corrected chi connectivity index (χ0v) is 15.8. The molecular formula is C19H34O4. The fourth-order valence-electron chi connectivity index (χ4n) is 3.96. The highest BCUT2D eigenvalue weighted by molar-refractivity contribution is 5.12. The van der Waals surface area contributed by atoms with E-state index >= 15 is 0 Å². The highest BCUT2D eigenvalue weighted by Gasteiger charge is 2.63. The zero-order valence-electron chi connectivity index (χ0n) is 15.8. The summed E-state index contributed by atoms with van der Waals surface area (Å²) in [4.78, 5) is 0. The van der Waals surface area contributed by atoms with Gasteiger partial charge >= 0.3 is 0 Å². The minimum Gasteiger partial charge on any atom is -0.378 e. The molecular weight excluding hydrogens is 292 g/mol. The first-order valence-electron chi connectivity index (χ1n) is 8.81. The molecule has 0 bridgehead atoms. The molecule has 1 saturated heterocycles. The maximum atomic E-state index is 6.25. The Labute approximate surface area is 141 Å². The number of hydrogen-bond acceptors (Lipinski definition) is 4. The Morgan fingerprint density at radius 1 is 1.35 bits per heavy atom. The molecule has 4 atom stereocenters. The molecule has 134 valence electrons. The van der Waals surface area contributed by atoms with Crippen LogP contribution in [0.5, 0.6) is 0 Å². The fraction of sp³-hybridized carbons (Fsp3) is 0.895. The van der Waals surface area contributed by atoms with Gasteiger partial charge in [-0.15, -0.1) is 0 Å². The second-order valence-corrected chi connectivity index (χ2v) is 7.99. The van der Waals surface area contributed by atoms with Crippen LogP contribution >= 0.6 is 0 Å². The molecule has 1 saturated carbocycles. The molecule has 2 fully saturated rings. The second kappa shape index (κ2) is 7.22. The van der Waals surface area contributed by atoms with Gasteiger partial charge in [-0.2, -0.15) is 0 Å². The lowest BCUT2D eigenvalue weighted by Gasteiger charge is -2.48. The molecule has 1 heterocycles. The lowest BCUT2D eigenvalue weighted by Crippen LogP contribution is -2.58. The maximum Gasteiger partial charge on any atom is 0.0998 e. The van der Waals surface area contributed by atoms with Crippen LogP contribution in [0.15, 0.2) is 11.6 Å². The van der Waals surface area contributed by atoms with Crippen molar-refractivity contribution in [2.24, 2.45) is 5.92 Å². The van der Waals surface area contributed by atoms with E-state index < -0.39 is 0 Å². The van der Waals surface area contributed by atoms with Crippen molar-refractivity contribution in [3.8, 4) is 0 Å². The number of rotatable bonds is 7. The third-order valence-corrected chi connectivity index (χ3v) is 5.04. The van der Waals surface area contributed by atoms with Gasteiger partial charge in [0.05, 0.1) is 42.7 Å². The first-order valence-corrected chi connectivity index (χ1v) is 8.81. The van der Waals surface area contributed by atoms with Crippen molar-refractivity contribution < 1.29 is 18.9 Å². The molecule has 1 aliphatic carbocycles. The van der Waals surface area contributed by atoms with Crippen molar-refractivity contribution in [3.05, 3.63) is 11.6 Å². The van der Waals surface area contributed by atoms with E-state index in [2.05, 4.69) is 47.6 Å². The van der Waals surface area contributed by atoms with Crippen LogP contribution in [0.2, 0.25) is 0 Å². The molecule has 0 aromatic heterocycles. The van der Waals surface area contributed by atoms with Crippen molar-refractivity contribution in [2.75, 3.05) is 20.3 Å². The number of hydrogen-bond donors (Lipinski definition) is 0. The van der Waals surface area contributed by atoms with Crippen LogP contribution in [0, 0.1) is 5.92 Å². The van der Waals surface area contributed by atoms with E-state index in [-0.39, 0.29) is 35.4 Å². The van der Waals surface area contributed by atoms with Gasteiger partial charge in [0.2, 0.25) is 0 Å². The van der Waals surface area contributed by atoms with Gasteiger partial charge in [0.15, 0.2) is 0 Å². The van der Waals surface area contributed by atoms with E-state index in [1.54, 1.807) is 7.11 Å². The summed E-state index contributed by atoms with van der Waals surface area (Å²) in [6, 6.07) is 0. The lowest BCUT2D eigenvalue weighted by atomic mass is 9.68. The average molecular weight is 326 g/mol. The van der Waals surface area contributed by atoms with E-state index in [9.17, 15) is 0 Å². The molecule has 2 rings (SSSR count). The Hall–Kier alpha value is -0.420. The first-order chi connectivity index (χ1) is 10.7. The van der Waals surface area contributed by atoms with Gasteiger partial charge in [0.1, 0.15) is 0 Å². The smallest absolute Gasteiger partial charge is 0.0998 e. The SMILES string of the molecule is COC1C(OC(C)C)CC[C@]2(CO2)C1C(C)(C)OCC=C(C)C. The molecule has 1 aliphatic heterocycles. The summed E-state index contributed by atoms with van der Waals surface area (Å²) in [5, 5.41) is 0. The van der Waals surface area contributed by atoms with Gasteiger partial charge in [-0.25, -0.2) is 0 Å². The fourth-order valence-corrected chi connectivity index (χ4v) is 3.96. The lowest BCUT2D eigenvalue weighted by molar-refractivity contribution is -0.191. The summed E-state index contributed by atoms with van der Waals surface area (Å²) in [5.74, 6) is 0.170. The summed E-state index contributed by atoms with van der Waals surface area (Å²) in [5.41, 5.74) is 0.847. The van der Waals surface area contributed by atoms with Crippen LogP contribution in [0.4, 0.5) is 0 Å². The first kappa shape index (κ1) is 18.9. The van der Waals surface area contributed by atoms with E-state index in [0.717, 1.165) is 19.4 Å². The van der Waals surface area contributed by atoms with Gasteiger partial charge in [0, 0.05) is 13.0 Å². The highest BCUT2D eigenvalue weighted by atomic mass is 16.6. The predicted molar refractivity (Wildman–Crippen MR) is 91.7 cm³/mol. The Kier molecular flexibility index (Phi) is 5.94. The second-order valence-electron chi connectivity index (χ2n) is 7.99. The van der Waals surface area contributed by atoms with Crippen molar-refractivity contribution in [1.29, 1.82) is 0 Å². The molecule has 23 heavy (non-hydrogen) atoms. The van der Waals surface area contributed by atoms with Crippen LogP contribution in [0.3, 0.4) is 0 Å². The molecule has 0 aromatic rings. The van der Waals surface area contributed by atoms with Gasteiger partial charge in [0.25, 0.3) is 0 Å². The summed E-state index contributed by atoms with van der Waals surface area (Å²) in [7, 11) is 1.78. The van der Waals surface area contributed by atoms with Gasteiger partial charge < -0.3 is 18.9 Å². The molecule has 0 N–H and O–H groups in total. The average Bonchev–Trinajstić information content (AvgIpc) is 3.19. The minimum absolute atomic E-state index is 0.00430. The van der Waals surface area contributed by atoms with Crippen molar-refractivity contribution >= 4 is 0 Å². The Morgan fingerprint density at radius 2 is 2.00 bits per heavy atom. The maximum absolute atomic E-state index is 6.25. The van der Waals surface area contributed by atoms with Crippen molar-refractivity contribution in [3.63, 3.8) is 0 Å². The summed E-state index contributed by atoms with van der Waals surface area (Å²) >= 11 is 0. The Bertz CT molecular complexity index is 419. The van der Waals surface area contributed by atoms with Gasteiger partial charge in [-0.1, -0.05) is 11.6 Å². The normalized spacial score (nSPS) is 34.0. The van der Waals surface area contributed by atoms with E-state index in [4.69, 9.17) is 18.9 Å². The van der Waals surface area contributed by atoms with Crippen molar-refractivity contribution in [1.82, 2.24) is 0 Å². The number of epoxide rings is 1. The largest absolute Gasteiger partial charge is 0.378 e. The molecule has 0 radical (unpaired) electrons. The summed E-state index contributed by atoms with van der Waals surface area (Å²) < 4.78 is 24.2. The monoisotopic (exact) mass is 326 g/mol. The van der Waals surface area contributed by atoms with Crippen LogP contribution in [0.25, 0.3) is 0 Å². The molecule has 4 heteroatoms. The topological polar surface area (TPSA) is 40.2 Å². The quantitative estimate of drug-likeness (QED) is 0.528. The van der Waals surface area contributed by atoms with Crippen molar-refractivity contribution in [2.45, 2.75) is 83.9 Å². The number of ether oxygens (including phenoxy) is 4. The highest BCUT2D eigenvalue weighted by Crippen LogP contribution is 2.52. The van der Waals surface area contributed by atoms with Crippen LogP contribution < -0.4 is 0 Å². The van der Waals surface area contributed by atoms with Gasteiger partial charge in [-0.3, -0.25) is 0 Å². The molecule has 1 spiro atoms. The van der Waals surface area contributed by atoms with Crippen LogP contribution in [-0.2, 0) is 18.9 Å². The standard InChI is InChI=1S/C19H34O4/c1-13(2)9-11-21-18(5,6)17-16(20-7)15(23-14(3)4)8-10-19(17)12-22-19/h9,14-17H,8,10-12H2,1-7H3/t15?,16?,17?,19-/m0/s1. The number of methoxy groups -OCH3 is 1. The molecule has 2 aliphatic rings. The van der Waals surface area contributed by atoms with E-state index in [1.165, 1.54) is 5.57 Å². The van der Waals surface area contributed by atoms with E-state index in [0.29, 0.717) is 6.61 Å². The molecule has 4 nitrogen and oxygen atoms in total. The summed E-state index contributed by atoms with van der Waals surface area (Å²) in [6.45, 7) is 14.1. The predicted octanol–water partition coefficient (Wildman–Crippen LogP) is 3.74. The molecule has 0 aromatic carbocycles. The Balaban J connectivity index is 2.17. The van der Waals surface area contributed by atoms with Gasteiger partial charge in [-0.05, 0) is 54.4 Å². The Morgan fingerprint density at radius 3 is 2.48 bits per heavy atom. The van der Waals surface area contributed by atoms with Crippen LogP contribution in [-0.4, -0.2) is 49.8 Å². The third kappa shape index (κ3) is 4.36. The van der Waals surface area contributed by atoms with E-state index in [1.807, 2.05) is 0 Å². The number of allylic oxidation sites excluding steroid dienone is 1. The molecule has 3 unspecified atom stereocenters. The zero-order chi connectivity index (χ0) is 17.3. The van der Waals surface area contributed by atoms with Crippen LogP contribution in [0.1, 0.15) is 54.4 Å². The molecule has 0 amide bonds. The third-order valence-electron chi connectivity index (χ3n) is 5.04. The summed E-state index contributed by atoms with van der Waals surface area (Å²) in [6.07, 6.45) is 4.42. The minimum atomic E-state index is -0.331.